The third-order valence-electron chi connectivity index (χ3n) is 8.34. The van der Waals surface area contributed by atoms with Gasteiger partial charge in [0.2, 0.25) is 5.91 Å². The van der Waals surface area contributed by atoms with Crippen molar-refractivity contribution >= 4 is 40.3 Å². The van der Waals surface area contributed by atoms with Gasteiger partial charge in [0.1, 0.15) is 17.3 Å². The van der Waals surface area contributed by atoms with Crippen LogP contribution >= 0.6 is 0 Å². The SMILES string of the molecule is COc1ccc(N(C(=O)Nc2ccc(F)cc2)C(C)c2nc3ccccc3c(=O)n2N2CCN(C(=O)CCNC(=O)OC(C)C)CC2)c(OC)c1. The summed E-state index contributed by atoms with van der Waals surface area (Å²) >= 11 is 0. The number of carbonyl (C=O) groups is 3. The first-order chi connectivity index (χ1) is 24.5. The van der Waals surface area contributed by atoms with Gasteiger partial charge in [0.05, 0.1) is 56.0 Å². The number of aromatic nitrogens is 2. The number of halogens is 1. The molecule has 1 saturated heterocycles. The average molecular weight is 704 g/mol. The topological polar surface area (TPSA) is 148 Å². The van der Waals surface area contributed by atoms with Crippen molar-refractivity contribution < 1.29 is 33.0 Å². The summed E-state index contributed by atoms with van der Waals surface area (Å²) in [4.78, 5) is 61.3. The maximum absolute atomic E-state index is 14.3. The molecule has 2 N–H and O–H groups in total. The minimum atomic E-state index is -0.874. The molecular formula is C36H42FN7O7. The predicted molar refractivity (Wildman–Crippen MR) is 191 cm³/mol. The van der Waals surface area contributed by atoms with E-state index < -0.39 is 24.0 Å². The third kappa shape index (κ3) is 8.48. The number of alkyl carbamates (subject to hydrolysis) is 1. The van der Waals surface area contributed by atoms with Crippen molar-refractivity contribution in [2.45, 2.75) is 39.3 Å². The Hall–Kier alpha value is -5.86. The number of methoxy groups -OCH3 is 2. The van der Waals surface area contributed by atoms with E-state index in [1.54, 1.807) is 68.1 Å². The highest BCUT2D eigenvalue weighted by Crippen LogP contribution is 2.37. The fraction of sp³-hybridized carbons (Fsp3) is 0.361. The zero-order valence-corrected chi connectivity index (χ0v) is 29.2. The molecule has 0 radical (unpaired) electrons. The predicted octanol–water partition coefficient (Wildman–Crippen LogP) is 4.66. The molecule has 4 aromatic rings. The van der Waals surface area contributed by atoms with Gasteiger partial charge in [0, 0.05) is 37.8 Å². The Bertz CT molecular complexity index is 1930. The molecule has 4 amide bonds. The van der Waals surface area contributed by atoms with Crippen LogP contribution in [0.2, 0.25) is 0 Å². The lowest BCUT2D eigenvalue weighted by atomic mass is 10.1. The van der Waals surface area contributed by atoms with E-state index in [-0.39, 0.29) is 36.4 Å². The lowest BCUT2D eigenvalue weighted by Crippen LogP contribution is -2.57. The van der Waals surface area contributed by atoms with E-state index in [4.69, 9.17) is 19.2 Å². The third-order valence-corrected chi connectivity index (χ3v) is 8.34. The second kappa shape index (κ2) is 16.2. The number of fused-ring (bicyclic) bond motifs is 1. The summed E-state index contributed by atoms with van der Waals surface area (Å²) in [6.45, 7) is 6.56. The maximum Gasteiger partial charge on any atom is 0.407 e. The fourth-order valence-electron chi connectivity index (χ4n) is 5.83. The van der Waals surface area contributed by atoms with Gasteiger partial charge < -0.3 is 34.8 Å². The van der Waals surface area contributed by atoms with Crippen molar-refractivity contribution in [3.63, 3.8) is 0 Å². The van der Waals surface area contributed by atoms with Gasteiger partial charge in [0.15, 0.2) is 5.82 Å². The van der Waals surface area contributed by atoms with Crippen molar-refractivity contribution in [2.24, 2.45) is 0 Å². The minimum absolute atomic E-state index is 0.0920. The Morgan fingerprint density at radius 2 is 1.65 bits per heavy atom. The van der Waals surface area contributed by atoms with Crippen LogP contribution in [-0.2, 0) is 9.53 Å². The summed E-state index contributed by atoms with van der Waals surface area (Å²) in [5, 5.41) is 7.61. The van der Waals surface area contributed by atoms with Crippen LogP contribution in [-0.4, -0.2) is 85.6 Å². The zero-order chi connectivity index (χ0) is 36.7. The van der Waals surface area contributed by atoms with Crippen molar-refractivity contribution in [1.82, 2.24) is 19.9 Å². The van der Waals surface area contributed by atoms with Gasteiger partial charge >= 0.3 is 12.1 Å². The number of hydrogen-bond acceptors (Lipinski definition) is 9. The lowest BCUT2D eigenvalue weighted by Gasteiger charge is -2.39. The van der Waals surface area contributed by atoms with E-state index in [0.29, 0.717) is 60.0 Å². The molecule has 1 aliphatic heterocycles. The molecule has 3 aromatic carbocycles. The molecule has 0 spiro atoms. The van der Waals surface area contributed by atoms with Crippen LogP contribution in [0.4, 0.5) is 25.4 Å². The number of amides is 4. The highest BCUT2D eigenvalue weighted by molar-refractivity contribution is 6.03. The van der Waals surface area contributed by atoms with E-state index in [1.165, 1.54) is 48.1 Å². The standard InChI is InChI=1S/C36H42FN7O7/c1-23(2)51-36(48)38-17-16-32(45)41-18-20-42(21-19-41)44-33(40-29-9-7-6-8-28(29)34(44)46)24(3)43(30-15-14-27(49-4)22-31(30)50-5)35(47)39-26-12-10-25(37)11-13-26/h6-15,22-24H,16-21H2,1-5H3,(H,38,48)(H,39,47). The van der Waals surface area contributed by atoms with E-state index in [1.807, 2.05) is 5.01 Å². The summed E-state index contributed by atoms with van der Waals surface area (Å²) in [6.07, 6.45) is -0.765. The molecule has 1 atom stereocenters. The molecule has 270 valence electrons. The van der Waals surface area contributed by atoms with Crippen LogP contribution < -0.4 is 35.6 Å². The number of para-hydroxylation sites is 1. The molecule has 5 rings (SSSR count). The lowest BCUT2D eigenvalue weighted by molar-refractivity contribution is -0.131. The molecule has 1 aliphatic rings. The number of nitrogens with zero attached hydrogens (tertiary/aromatic N) is 5. The van der Waals surface area contributed by atoms with Gasteiger partial charge in [-0.05, 0) is 69.3 Å². The number of nitrogens with one attached hydrogen (secondary N) is 2. The molecule has 15 heteroatoms. The van der Waals surface area contributed by atoms with Gasteiger partial charge in [-0.25, -0.2) is 23.6 Å². The van der Waals surface area contributed by atoms with Crippen LogP contribution in [0, 0.1) is 5.82 Å². The number of rotatable bonds is 11. The number of benzene rings is 3. The normalized spacial score (nSPS) is 13.5. The molecule has 51 heavy (non-hydrogen) atoms. The number of anilines is 2. The first-order valence-corrected chi connectivity index (χ1v) is 16.6. The molecule has 0 bridgehead atoms. The van der Waals surface area contributed by atoms with Gasteiger partial charge in [-0.1, -0.05) is 12.1 Å². The molecule has 1 unspecified atom stereocenters. The Balaban J connectivity index is 1.48. The van der Waals surface area contributed by atoms with Gasteiger partial charge in [0.25, 0.3) is 5.56 Å². The van der Waals surface area contributed by atoms with Gasteiger partial charge in [-0.3, -0.25) is 14.5 Å². The molecule has 1 fully saturated rings. The summed E-state index contributed by atoms with van der Waals surface area (Å²) in [5.41, 5.74) is 0.817. The van der Waals surface area contributed by atoms with Crippen LogP contribution in [0.15, 0.2) is 71.5 Å². The van der Waals surface area contributed by atoms with Crippen LogP contribution in [0.3, 0.4) is 0 Å². The van der Waals surface area contributed by atoms with E-state index in [9.17, 15) is 23.6 Å². The number of hydrogen-bond donors (Lipinski definition) is 2. The molecule has 0 saturated carbocycles. The van der Waals surface area contributed by atoms with E-state index in [0.717, 1.165) is 0 Å². The number of carbonyl (C=O) groups excluding carboxylic acids is 3. The monoisotopic (exact) mass is 703 g/mol. The summed E-state index contributed by atoms with van der Waals surface area (Å²) in [5.74, 6) is 0.487. The second-order valence-corrected chi connectivity index (χ2v) is 12.1. The highest BCUT2D eigenvalue weighted by Gasteiger charge is 2.33. The van der Waals surface area contributed by atoms with E-state index >= 15 is 0 Å². The Kier molecular flexibility index (Phi) is 11.6. The zero-order valence-electron chi connectivity index (χ0n) is 29.2. The van der Waals surface area contributed by atoms with Gasteiger partial charge in [-0.2, -0.15) is 0 Å². The Morgan fingerprint density at radius 1 is 0.941 bits per heavy atom. The van der Waals surface area contributed by atoms with Crippen molar-refractivity contribution in [2.75, 3.05) is 62.2 Å². The van der Waals surface area contributed by atoms with Crippen LogP contribution in [0.25, 0.3) is 10.9 Å². The molecule has 14 nitrogen and oxygen atoms in total. The molecule has 0 aliphatic carbocycles. The maximum atomic E-state index is 14.3. The average Bonchev–Trinajstić information content (AvgIpc) is 3.12. The fourth-order valence-corrected chi connectivity index (χ4v) is 5.83. The minimum Gasteiger partial charge on any atom is -0.497 e. The van der Waals surface area contributed by atoms with Gasteiger partial charge in [-0.15, -0.1) is 0 Å². The highest BCUT2D eigenvalue weighted by atomic mass is 19.1. The number of urea groups is 1. The number of piperazine rings is 1. The first kappa shape index (κ1) is 36.4. The first-order valence-electron chi connectivity index (χ1n) is 16.6. The number of ether oxygens (including phenoxy) is 3. The van der Waals surface area contributed by atoms with Crippen LogP contribution in [0.5, 0.6) is 11.5 Å². The second-order valence-electron chi connectivity index (χ2n) is 12.1. The van der Waals surface area contributed by atoms with Crippen molar-refractivity contribution in [3.05, 3.63) is 88.7 Å². The molecule has 1 aromatic heterocycles. The van der Waals surface area contributed by atoms with E-state index in [2.05, 4.69) is 10.6 Å². The molecular weight excluding hydrogens is 661 g/mol. The summed E-state index contributed by atoms with van der Waals surface area (Å²) in [6, 6.07) is 15.9. The molecule has 2 heterocycles. The summed E-state index contributed by atoms with van der Waals surface area (Å²) in [7, 11) is 2.99. The van der Waals surface area contributed by atoms with Crippen molar-refractivity contribution in [3.8, 4) is 11.5 Å². The largest absolute Gasteiger partial charge is 0.497 e. The quantitative estimate of drug-likeness (QED) is 0.228. The van der Waals surface area contributed by atoms with Crippen LogP contribution in [0.1, 0.15) is 39.1 Å². The Morgan fingerprint density at radius 3 is 2.31 bits per heavy atom. The smallest absolute Gasteiger partial charge is 0.407 e. The van der Waals surface area contributed by atoms with Crippen molar-refractivity contribution in [1.29, 1.82) is 0 Å². The Labute approximate surface area is 294 Å². The summed E-state index contributed by atoms with van der Waals surface area (Å²) < 4.78 is 31.3.